The first-order valence-electron chi connectivity index (χ1n) is 6.17. The first-order chi connectivity index (χ1) is 9.42. The highest BCUT2D eigenvalue weighted by Gasteiger charge is 2.34. The van der Waals surface area contributed by atoms with Gasteiger partial charge in [0, 0.05) is 6.20 Å². The van der Waals surface area contributed by atoms with Crippen molar-refractivity contribution in [3.05, 3.63) is 24.0 Å². The maximum absolute atomic E-state index is 12.4. The summed E-state index contributed by atoms with van der Waals surface area (Å²) in [6.07, 6.45) is -3.35. The Labute approximate surface area is 119 Å². The van der Waals surface area contributed by atoms with Crippen molar-refractivity contribution in [2.45, 2.75) is 39.5 Å². The van der Waals surface area contributed by atoms with Crippen molar-refractivity contribution in [1.29, 1.82) is 0 Å². The lowest BCUT2D eigenvalue weighted by molar-refractivity contribution is -0.142. The van der Waals surface area contributed by atoms with Crippen molar-refractivity contribution < 1.29 is 27.9 Å². The van der Waals surface area contributed by atoms with E-state index in [1.54, 1.807) is 20.8 Å². The molecule has 5 nitrogen and oxygen atoms in total. The average Bonchev–Trinajstić information content (AvgIpc) is 2.68. The van der Waals surface area contributed by atoms with E-state index in [-0.39, 0.29) is 5.69 Å². The molecule has 0 aromatic carbocycles. The van der Waals surface area contributed by atoms with Gasteiger partial charge in [-0.05, 0) is 17.5 Å². The highest BCUT2D eigenvalue weighted by molar-refractivity contribution is 5.95. The smallest absolute Gasteiger partial charge is 0.406 e. The van der Waals surface area contributed by atoms with Crippen LogP contribution in [0.2, 0.25) is 0 Å². The van der Waals surface area contributed by atoms with E-state index in [2.05, 4.69) is 5.32 Å². The van der Waals surface area contributed by atoms with E-state index in [0.29, 0.717) is 0 Å². The molecular weight excluding hydrogens is 289 g/mol. The Kier molecular flexibility index (Phi) is 4.70. The second kappa shape index (κ2) is 5.79. The van der Waals surface area contributed by atoms with E-state index in [0.717, 1.165) is 10.8 Å². The number of hydrogen-bond donors (Lipinski definition) is 2. The molecule has 1 amide bonds. The van der Waals surface area contributed by atoms with Crippen LogP contribution >= 0.6 is 0 Å². The maximum Gasteiger partial charge on any atom is 0.406 e. The van der Waals surface area contributed by atoms with Gasteiger partial charge in [0.25, 0.3) is 5.91 Å². The zero-order valence-electron chi connectivity index (χ0n) is 11.9. The summed E-state index contributed by atoms with van der Waals surface area (Å²) in [5.41, 5.74) is -1.01. The molecule has 0 aliphatic heterocycles. The highest BCUT2D eigenvalue weighted by Crippen LogP contribution is 2.21. The fourth-order valence-corrected chi connectivity index (χ4v) is 1.80. The summed E-state index contributed by atoms with van der Waals surface area (Å²) in [5.74, 6) is -2.10. The molecule has 0 aliphatic carbocycles. The van der Waals surface area contributed by atoms with Gasteiger partial charge in [0.1, 0.15) is 18.3 Å². The van der Waals surface area contributed by atoms with Crippen molar-refractivity contribution in [2.24, 2.45) is 5.41 Å². The Morgan fingerprint density at radius 1 is 1.33 bits per heavy atom. The van der Waals surface area contributed by atoms with Crippen LogP contribution < -0.4 is 5.32 Å². The Morgan fingerprint density at radius 3 is 2.33 bits per heavy atom. The number of halogens is 3. The molecule has 21 heavy (non-hydrogen) atoms. The predicted molar refractivity (Wildman–Crippen MR) is 68.8 cm³/mol. The first kappa shape index (κ1) is 17.1. The number of rotatable bonds is 4. The van der Waals surface area contributed by atoms with Gasteiger partial charge in [-0.15, -0.1) is 0 Å². The van der Waals surface area contributed by atoms with Crippen LogP contribution in [0.25, 0.3) is 0 Å². The van der Waals surface area contributed by atoms with Gasteiger partial charge < -0.3 is 15.0 Å². The van der Waals surface area contributed by atoms with E-state index in [1.807, 2.05) is 0 Å². The largest absolute Gasteiger partial charge is 0.480 e. The molecule has 0 fully saturated rings. The normalized spacial score (nSPS) is 13.8. The third kappa shape index (κ3) is 4.80. The summed E-state index contributed by atoms with van der Waals surface area (Å²) in [5, 5.41) is 11.4. The molecular formula is C13H17F3N2O3. The molecule has 1 heterocycles. The summed E-state index contributed by atoms with van der Waals surface area (Å²) in [6, 6.07) is 1.30. The van der Waals surface area contributed by atoms with Crippen LogP contribution in [0.4, 0.5) is 13.2 Å². The van der Waals surface area contributed by atoms with Crippen LogP contribution in [0, 0.1) is 5.41 Å². The number of carboxylic acids is 1. The van der Waals surface area contributed by atoms with Crippen molar-refractivity contribution in [3.63, 3.8) is 0 Å². The molecule has 0 radical (unpaired) electrons. The molecule has 1 aromatic heterocycles. The Bertz CT molecular complexity index is 529. The van der Waals surface area contributed by atoms with Gasteiger partial charge in [-0.3, -0.25) is 4.79 Å². The number of aromatic nitrogens is 1. The van der Waals surface area contributed by atoms with E-state index in [4.69, 9.17) is 5.11 Å². The van der Waals surface area contributed by atoms with Crippen LogP contribution in [-0.2, 0) is 11.3 Å². The maximum atomic E-state index is 12.4. The molecule has 0 bridgehead atoms. The predicted octanol–water partition coefficient (Wildman–Crippen LogP) is 2.28. The van der Waals surface area contributed by atoms with Crippen LogP contribution in [0.5, 0.6) is 0 Å². The highest BCUT2D eigenvalue weighted by atomic mass is 19.4. The van der Waals surface area contributed by atoms with Crippen LogP contribution in [0.3, 0.4) is 0 Å². The quantitative estimate of drug-likeness (QED) is 0.896. The summed E-state index contributed by atoms with van der Waals surface area (Å²) < 4.78 is 37.9. The number of carboxylic acid groups (broad SMARTS) is 1. The zero-order valence-corrected chi connectivity index (χ0v) is 11.9. The second-order valence-corrected chi connectivity index (χ2v) is 5.75. The number of aliphatic carboxylic acids is 1. The van der Waals surface area contributed by atoms with Crippen LogP contribution in [0.1, 0.15) is 31.3 Å². The number of carbonyl (C=O) groups is 2. The van der Waals surface area contributed by atoms with E-state index >= 15 is 0 Å². The van der Waals surface area contributed by atoms with Gasteiger partial charge in [-0.25, -0.2) is 4.79 Å². The molecule has 0 saturated heterocycles. The average molecular weight is 306 g/mol. The fraction of sp³-hybridized carbons (Fsp3) is 0.538. The number of amides is 1. The van der Waals surface area contributed by atoms with Crippen molar-refractivity contribution in [3.8, 4) is 0 Å². The lowest BCUT2D eigenvalue weighted by Gasteiger charge is -2.27. The monoisotopic (exact) mass is 306 g/mol. The Morgan fingerprint density at radius 2 is 1.90 bits per heavy atom. The third-order valence-corrected chi connectivity index (χ3v) is 2.80. The first-order valence-corrected chi connectivity index (χ1v) is 6.17. The lowest BCUT2D eigenvalue weighted by atomic mass is 9.86. The molecule has 1 aromatic rings. The van der Waals surface area contributed by atoms with Gasteiger partial charge in [-0.1, -0.05) is 20.8 Å². The van der Waals surface area contributed by atoms with Gasteiger partial charge in [0.15, 0.2) is 0 Å². The molecule has 0 saturated carbocycles. The lowest BCUT2D eigenvalue weighted by Crippen LogP contribution is -2.49. The molecule has 1 rings (SSSR count). The molecule has 118 valence electrons. The number of nitrogens with one attached hydrogen (secondary N) is 1. The van der Waals surface area contributed by atoms with Gasteiger partial charge in [-0.2, -0.15) is 13.2 Å². The van der Waals surface area contributed by atoms with Gasteiger partial charge >= 0.3 is 12.1 Å². The second-order valence-electron chi connectivity index (χ2n) is 5.75. The molecule has 0 aliphatic rings. The summed E-state index contributed by atoms with van der Waals surface area (Å²) in [4.78, 5) is 23.2. The number of carbonyl (C=O) groups excluding carboxylic acids is 1. The van der Waals surface area contributed by atoms with Crippen molar-refractivity contribution >= 4 is 11.9 Å². The minimum atomic E-state index is -4.47. The molecule has 8 heteroatoms. The third-order valence-electron chi connectivity index (χ3n) is 2.80. The van der Waals surface area contributed by atoms with Gasteiger partial charge in [0.2, 0.25) is 0 Å². The summed E-state index contributed by atoms with van der Waals surface area (Å²) >= 11 is 0. The molecule has 0 spiro atoms. The zero-order chi connectivity index (χ0) is 16.4. The summed E-state index contributed by atoms with van der Waals surface area (Å²) in [7, 11) is 0. The van der Waals surface area contributed by atoms with E-state index in [1.165, 1.54) is 12.1 Å². The standard InChI is InChI=1S/C13H17F3N2O3/c1-12(2,3)9(11(20)21)17-10(19)8-5-4-6-18(8)7-13(14,15)16/h4-6,9H,7H2,1-3H3,(H,17,19)(H,20,21). The molecule has 1 atom stereocenters. The topological polar surface area (TPSA) is 71.3 Å². The number of alkyl halides is 3. The van der Waals surface area contributed by atoms with Crippen LogP contribution in [-0.4, -0.2) is 33.8 Å². The Balaban J connectivity index is 2.95. The fourth-order valence-electron chi connectivity index (χ4n) is 1.80. The molecule has 2 N–H and O–H groups in total. The minimum absolute atomic E-state index is 0.233. The van der Waals surface area contributed by atoms with Crippen molar-refractivity contribution in [2.75, 3.05) is 0 Å². The van der Waals surface area contributed by atoms with E-state index < -0.39 is 36.1 Å². The Hall–Kier alpha value is -1.99. The van der Waals surface area contributed by atoms with Crippen LogP contribution in [0.15, 0.2) is 18.3 Å². The minimum Gasteiger partial charge on any atom is -0.480 e. The van der Waals surface area contributed by atoms with Gasteiger partial charge in [0.05, 0.1) is 0 Å². The SMILES string of the molecule is CC(C)(C)C(NC(=O)c1cccn1CC(F)(F)F)C(=O)O. The van der Waals surface area contributed by atoms with E-state index in [9.17, 15) is 22.8 Å². The molecule has 1 unspecified atom stereocenters. The number of nitrogens with zero attached hydrogens (tertiary/aromatic N) is 1. The number of hydrogen-bond acceptors (Lipinski definition) is 2. The van der Waals surface area contributed by atoms with Crippen molar-refractivity contribution in [1.82, 2.24) is 9.88 Å². The summed E-state index contributed by atoms with van der Waals surface area (Å²) in [6.45, 7) is 3.53.